The monoisotopic (exact) mass is 392 g/mol. The van der Waals surface area contributed by atoms with Gasteiger partial charge >= 0.3 is 6.03 Å². The molecule has 0 saturated carbocycles. The molecule has 2 aliphatic rings. The van der Waals surface area contributed by atoms with Crippen LogP contribution < -0.4 is 16.5 Å². The van der Waals surface area contributed by atoms with Crippen LogP contribution >= 0.6 is 11.6 Å². The van der Waals surface area contributed by atoms with Crippen LogP contribution in [0.25, 0.3) is 0 Å². The molecule has 8 nitrogen and oxygen atoms in total. The fourth-order valence-corrected chi connectivity index (χ4v) is 4.12. The van der Waals surface area contributed by atoms with Gasteiger partial charge < -0.3 is 16.0 Å². The van der Waals surface area contributed by atoms with Crippen LogP contribution in [0.3, 0.4) is 0 Å². The molecule has 9 heteroatoms. The Bertz CT molecular complexity index is 788. The summed E-state index contributed by atoms with van der Waals surface area (Å²) in [6.07, 6.45) is 2.02. The van der Waals surface area contributed by atoms with Gasteiger partial charge in [0, 0.05) is 47.8 Å². The first-order chi connectivity index (χ1) is 12.7. The van der Waals surface area contributed by atoms with Crippen molar-refractivity contribution in [2.45, 2.75) is 32.2 Å². The molecule has 2 aliphatic heterocycles. The maximum Gasteiger partial charge on any atom is 0.341 e. The summed E-state index contributed by atoms with van der Waals surface area (Å²) in [5.74, 6) is 6.01. The molecule has 27 heavy (non-hydrogen) atoms. The van der Waals surface area contributed by atoms with Gasteiger partial charge in [0.15, 0.2) is 0 Å². The van der Waals surface area contributed by atoms with Crippen LogP contribution in [0.4, 0.5) is 16.2 Å². The van der Waals surface area contributed by atoms with E-state index in [1.165, 1.54) is 11.1 Å². The van der Waals surface area contributed by atoms with Gasteiger partial charge in [-0.05, 0) is 30.9 Å². The Kier molecular flexibility index (Phi) is 5.05. The number of carbonyl (C=O) groups excluding carboxylic acids is 2. The minimum atomic E-state index is -1.00. The van der Waals surface area contributed by atoms with Gasteiger partial charge in [0.25, 0.3) is 5.91 Å². The van der Waals surface area contributed by atoms with Crippen molar-refractivity contribution in [2.24, 2.45) is 11.8 Å². The Morgan fingerprint density at radius 3 is 2.48 bits per heavy atom. The molecule has 2 fully saturated rings. The van der Waals surface area contributed by atoms with Crippen molar-refractivity contribution in [3.05, 3.63) is 22.7 Å². The molecule has 146 valence electrons. The molecule has 0 bridgehead atoms. The summed E-state index contributed by atoms with van der Waals surface area (Å²) >= 11 is 6.14. The average molecular weight is 393 g/mol. The van der Waals surface area contributed by atoms with E-state index >= 15 is 0 Å². The van der Waals surface area contributed by atoms with E-state index in [2.05, 4.69) is 0 Å². The number of rotatable bonds is 4. The zero-order valence-corrected chi connectivity index (χ0v) is 16.3. The minimum Gasteiger partial charge on any atom is -0.398 e. The zero-order valence-electron chi connectivity index (χ0n) is 15.5. The molecule has 1 aromatic carbocycles. The number of carbonyl (C=O) groups is 2. The molecule has 5 N–H and O–H groups in total. The number of nitrogens with two attached hydrogens (primary N) is 2. The summed E-state index contributed by atoms with van der Waals surface area (Å²) in [5, 5.41) is 9.25. The number of piperidine rings is 1. The summed E-state index contributed by atoms with van der Waals surface area (Å²) in [6.45, 7) is 5.28. The van der Waals surface area contributed by atoms with Gasteiger partial charge in [0.05, 0.1) is 0 Å². The second kappa shape index (κ2) is 7.01. The number of amides is 3. The quantitative estimate of drug-likeness (QED) is 0.238. The smallest absolute Gasteiger partial charge is 0.341 e. The number of imide groups is 1. The number of nitrogens with zero attached hydrogens (tertiary/aromatic N) is 3. The maximum atomic E-state index is 13.0. The van der Waals surface area contributed by atoms with Gasteiger partial charge in [0.2, 0.25) is 0 Å². The number of hydrogen-bond acceptors (Lipinski definition) is 6. The fraction of sp³-hybridized carbons (Fsp3) is 0.500. The number of nitrogen functional groups attached to an aromatic ring is 1. The van der Waals surface area contributed by atoms with Gasteiger partial charge in [-0.3, -0.25) is 9.69 Å². The van der Waals surface area contributed by atoms with Crippen molar-refractivity contribution in [3.63, 3.8) is 0 Å². The molecule has 1 aromatic rings. The van der Waals surface area contributed by atoms with Crippen LogP contribution in [-0.2, 0) is 4.79 Å². The molecule has 3 amide bonds. The summed E-state index contributed by atoms with van der Waals surface area (Å²) < 4.78 is 0. The van der Waals surface area contributed by atoms with Crippen LogP contribution in [0.1, 0.15) is 32.3 Å². The van der Waals surface area contributed by atoms with Crippen molar-refractivity contribution in [3.8, 4) is 0 Å². The number of anilines is 2. The second-order valence-corrected chi connectivity index (χ2v) is 7.99. The SMILES string of the molecule is CC(C)CN1C(=O)N(N)C2(CCN(c3cc(Cl)cc(N)c3C=N)CC2)C1=O. The molecule has 0 aromatic heterocycles. The highest BCUT2D eigenvalue weighted by atomic mass is 35.5. The highest BCUT2D eigenvalue weighted by molar-refractivity contribution is 6.31. The first kappa shape index (κ1) is 19.4. The van der Waals surface area contributed by atoms with Gasteiger partial charge in [-0.2, -0.15) is 0 Å². The Balaban J connectivity index is 1.84. The zero-order chi connectivity index (χ0) is 19.9. The topological polar surface area (TPSA) is 120 Å². The first-order valence-electron chi connectivity index (χ1n) is 8.96. The van der Waals surface area contributed by atoms with Crippen molar-refractivity contribution in [2.75, 3.05) is 30.3 Å². The van der Waals surface area contributed by atoms with Crippen molar-refractivity contribution >= 4 is 41.1 Å². The highest BCUT2D eigenvalue weighted by Gasteiger charge is 2.57. The molecule has 3 rings (SSSR count). The number of urea groups is 1. The molecule has 0 atom stereocenters. The Labute approximate surface area is 163 Å². The third-order valence-corrected chi connectivity index (χ3v) is 5.54. The average Bonchev–Trinajstić information content (AvgIpc) is 2.78. The van der Waals surface area contributed by atoms with Crippen molar-refractivity contribution < 1.29 is 9.59 Å². The lowest BCUT2D eigenvalue weighted by atomic mass is 9.86. The molecule has 1 spiro atoms. The van der Waals surface area contributed by atoms with E-state index in [0.717, 1.165) is 10.7 Å². The van der Waals surface area contributed by atoms with Crippen molar-refractivity contribution in [1.82, 2.24) is 9.91 Å². The fourth-order valence-electron chi connectivity index (χ4n) is 3.90. The summed E-state index contributed by atoms with van der Waals surface area (Å²) in [6, 6.07) is 2.94. The molecule has 0 radical (unpaired) electrons. The van der Waals surface area contributed by atoms with Gasteiger partial charge in [0.1, 0.15) is 5.54 Å². The number of hydrazine groups is 1. The minimum absolute atomic E-state index is 0.172. The normalized spacial score (nSPS) is 19.5. The lowest BCUT2D eigenvalue weighted by molar-refractivity contribution is -0.134. The van der Waals surface area contributed by atoms with Gasteiger partial charge in [-0.25, -0.2) is 15.6 Å². The summed E-state index contributed by atoms with van der Waals surface area (Å²) in [7, 11) is 0. The van der Waals surface area contributed by atoms with Crippen LogP contribution in [0, 0.1) is 11.3 Å². The second-order valence-electron chi connectivity index (χ2n) is 7.55. The predicted octanol–water partition coefficient (Wildman–Crippen LogP) is 2.05. The van der Waals surface area contributed by atoms with E-state index in [0.29, 0.717) is 48.7 Å². The van der Waals surface area contributed by atoms with Crippen LogP contribution in [0.15, 0.2) is 12.1 Å². The summed E-state index contributed by atoms with van der Waals surface area (Å²) in [4.78, 5) is 28.8. The number of nitrogens with one attached hydrogen (secondary N) is 1. The third-order valence-electron chi connectivity index (χ3n) is 5.32. The van der Waals surface area contributed by atoms with Crippen LogP contribution in [0.2, 0.25) is 5.02 Å². The van der Waals surface area contributed by atoms with Gasteiger partial charge in [-0.1, -0.05) is 25.4 Å². The van der Waals surface area contributed by atoms with Crippen LogP contribution in [0.5, 0.6) is 0 Å². The molecule has 2 saturated heterocycles. The Morgan fingerprint density at radius 1 is 1.30 bits per heavy atom. The van der Waals surface area contributed by atoms with E-state index < -0.39 is 11.6 Å². The number of benzene rings is 1. The van der Waals surface area contributed by atoms with E-state index in [1.807, 2.05) is 18.7 Å². The maximum absolute atomic E-state index is 13.0. The molecular weight excluding hydrogens is 368 g/mol. The van der Waals surface area contributed by atoms with E-state index in [4.69, 9.17) is 28.6 Å². The Hall–Kier alpha value is -2.32. The summed E-state index contributed by atoms with van der Waals surface area (Å²) in [5.41, 5.74) is 6.76. The van der Waals surface area contributed by atoms with Crippen molar-refractivity contribution in [1.29, 1.82) is 5.41 Å². The number of hydrogen-bond donors (Lipinski definition) is 3. The van der Waals surface area contributed by atoms with E-state index in [1.54, 1.807) is 12.1 Å². The van der Waals surface area contributed by atoms with E-state index in [9.17, 15) is 9.59 Å². The van der Waals surface area contributed by atoms with E-state index in [-0.39, 0.29) is 11.8 Å². The molecular formula is C18H25ClN6O2. The third kappa shape index (κ3) is 3.12. The molecule has 2 heterocycles. The standard InChI is InChI=1S/C18H25ClN6O2/c1-11(2)10-24-16(26)18(25(22)17(24)27)3-5-23(6-4-18)15-8-12(19)7-14(21)13(15)9-20/h7-9,11,20H,3-6,10,21-22H2,1-2H3. The highest BCUT2D eigenvalue weighted by Crippen LogP contribution is 2.38. The molecule has 0 aliphatic carbocycles. The lowest BCUT2D eigenvalue weighted by Gasteiger charge is -2.41. The molecule has 0 unspecified atom stereocenters. The predicted molar refractivity (Wildman–Crippen MR) is 106 cm³/mol. The lowest BCUT2D eigenvalue weighted by Crippen LogP contribution is -2.59. The first-order valence-corrected chi connectivity index (χ1v) is 9.34. The largest absolute Gasteiger partial charge is 0.398 e. The number of halogens is 1. The van der Waals surface area contributed by atoms with Crippen LogP contribution in [-0.4, -0.2) is 53.2 Å². The van der Waals surface area contributed by atoms with Gasteiger partial charge in [-0.15, -0.1) is 0 Å². The Morgan fingerprint density at radius 2 is 1.93 bits per heavy atom.